The normalized spacial score (nSPS) is 11.3. The fraction of sp³-hybridized carbons (Fsp3) is 0.444. The number of nitrogens with zero attached hydrogens (tertiary/aromatic N) is 1. The topological polar surface area (TPSA) is 22.1 Å². The van der Waals surface area contributed by atoms with Gasteiger partial charge in [-0.3, -0.25) is 4.98 Å². The molecule has 0 radical (unpaired) electrons. The van der Waals surface area contributed by atoms with E-state index in [0.717, 1.165) is 5.75 Å². The van der Waals surface area contributed by atoms with Gasteiger partial charge in [-0.2, -0.15) is 0 Å². The van der Waals surface area contributed by atoms with Crippen LogP contribution in [0.3, 0.4) is 0 Å². The zero-order chi connectivity index (χ0) is 9.19. The quantitative estimate of drug-likeness (QED) is 0.647. The average Bonchev–Trinajstić information content (AvgIpc) is 2.03. The highest BCUT2D eigenvalue weighted by Crippen LogP contribution is 2.08. The summed E-state index contributed by atoms with van der Waals surface area (Å²) in [5.74, 6) is 0.905. The maximum atomic E-state index is 5.13. The molecule has 0 spiro atoms. The van der Waals surface area contributed by atoms with Crippen molar-refractivity contribution in [3.8, 4) is 5.75 Å². The Bertz CT molecular complexity index is 267. The summed E-state index contributed by atoms with van der Waals surface area (Å²) in [5, 5.41) is 1.20. The molecule has 0 unspecified atom stereocenters. The molecule has 0 aliphatic carbocycles. The van der Waals surface area contributed by atoms with Crippen LogP contribution < -0.4 is 10.1 Å². The van der Waals surface area contributed by atoms with Crippen LogP contribution in [0.4, 0.5) is 0 Å². The number of hydrogen-bond donors (Lipinski definition) is 0. The van der Waals surface area contributed by atoms with Gasteiger partial charge in [0.2, 0.25) is 0 Å². The summed E-state index contributed by atoms with van der Waals surface area (Å²) in [6.45, 7) is 6.82. The van der Waals surface area contributed by atoms with Crippen molar-refractivity contribution in [3.63, 3.8) is 0 Å². The average molecular weight is 181 g/mol. The molecule has 0 aromatic carbocycles. The van der Waals surface area contributed by atoms with Gasteiger partial charge in [-0.05, 0) is 12.1 Å². The summed E-state index contributed by atoms with van der Waals surface area (Å²) >= 11 is 0. The first-order valence-corrected chi connectivity index (χ1v) is 7.54. The molecule has 3 heteroatoms. The van der Waals surface area contributed by atoms with E-state index in [9.17, 15) is 0 Å². The van der Waals surface area contributed by atoms with Gasteiger partial charge in [0.1, 0.15) is 13.8 Å². The van der Waals surface area contributed by atoms with Gasteiger partial charge in [-0.15, -0.1) is 0 Å². The zero-order valence-electron chi connectivity index (χ0n) is 8.09. The minimum absolute atomic E-state index is 0.905. The highest BCUT2D eigenvalue weighted by molar-refractivity contribution is 6.88. The largest absolute Gasteiger partial charge is 0.497 e. The molecular weight excluding hydrogens is 166 g/mol. The fourth-order valence-electron chi connectivity index (χ4n) is 0.948. The van der Waals surface area contributed by atoms with E-state index >= 15 is 0 Å². The standard InChI is InChI=1S/C9H15NOSi/c1-11-8-5-6-10-9(7-8)12(2,3)4/h5-7H,1-4H3. The van der Waals surface area contributed by atoms with Gasteiger partial charge in [0.15, 0.2) is 0 Å². The SMILES string of the molecule is COc1ccnc([Si](C)(C)C)c1. The van der Waals surface area contributed by atoms with Crippen molar-refractivity contribution in [2.24, 2.45) is 0 Å². The molecular formula is C9H15NOSi. The second kappa shape index (κ2) is 3.27. The second-order valence-electron chi connectivity index (χ2n) is 3.83. The van der Waals surface area contributed by atoms with Gasteiger partial charge in [-0.25, -0.2) is 0 Å². The van der Waals surface area contributed by atoms with Gasteiger partial charge in [0.25, 0.3) is 0 Å². The molecule has 1 heterocycles. The van der Waals surface area contributed by atoms with E-state index in [2.05, 4.69) is 24.6 Å². The molecule has 0 saturated carbocycles. The first-order chi connectivity index (χ1) is 5.54. The molecule has 0 bridgehead atoms. The predicted molar refractivity (Wildman–Crippen MR) is 53.8 cm³/mol. The third kappa shape index (κ3) is 2.07. The lowest BCUT2D eigenvalue weighted by Crippen LogP contribution is -2.39. The predicted octanol–water partition coefficient (Wildman–Crippen LogP) is 1.64. The highest BCUT2D eigenvalue weighted by Gasteiger charge is 2.18. The summed E-state index contributed by atoms with van der Waals surface area (Å²) < 4.78 is 5.13. The van der Waals surface area contributed by atoms with Gasteiger partial charge < -0.3 is 4.74 Å². The Morgan fingerprint density at radius 2 is 2.00 bits per heavy atom. The zero-order valence-corrected chi connectivity index (χ0v) is 9.09. The first-order valence-electron chi connectivity index (χ1n) is 4.04. The summed E-state index contributed by atoms with van der Waals surface area (Å²) in [5.41, 5.74) is 0. The lowest BCUT2D eigenvalue weighted by molar-refractivity contribution is 0.414. The number of aromatic nitrogens is 1. The number of methoxy groups -OCH3 is 1. The van der Waals surface area contributed by atoms with E-state index in [-0.39, 0.29) is 0 Å². The lowest BCUT2D eigenvalue weighted by atomic mass is 10.5. The van der Waals surface area contributed by atoms with Crippen LogP contribution in [-0.4, -0.2) is 20.2 Å². The van der Waals surface area contributed by atoms with Crippen LogP contribution in [0.15, 0.2) is 18.3 Å². The van der Waals surface area contributed by atoms with Crippen molar-refractivity contribution in [1.82, 2.24) is 4.98 Å². The summed E-state index contributed by atoms with van der Waals surface area (Å²) in [6, 6.07) is 3.91. The van der Waals surface area contributed by atoms with E-state index in [1.807, 2.05) is 18.3 Å². The molecule has 0 atom stereocenters. The van der Waals surface area contributed by atoms with Crippen LogP contribution in [0.2, 0.25) is 19.6 Å². The maximum absolute atomic E-state index is 5.13. The molecule has 0 aliphatic rings. The number of rotatable bonds is 2. The number of ether oxygens (including phenoxy) is 1. The molecule has 1 rings (SSSR count). The summed E-state index contributed by atoms with van der Waals surface area (Å²) in [7, 11) is 0.412. The molecule has 0 N–H and O–H groups in total. The van der Waals surface area contributed by atoms with Crippen molar-refractivity contribution in [1.29, 1.82) is 0 Å². The van der Waals surface area contributed by atoms with Crippen molar-refractivity contribution in [2.45, 2.75) is 19.6 Å². The van der Waals surface area contributed by atoms with Crippen LogP contribution in [0.5, 0.6) is 5.75 Å². The van der Waals surface area contributed by atoms with Gasteiger partial charge in [0.05, 0.1) is 7.11 Å². The molecule has 12 heavy (non-hydrogen) atoms. The molecule has 0 amide bonds. The monoisotopic (exact) mass is 181 g/mol. The van der Waals surface area contributed by atoms with Crippen molar-refractivity contribution in [3.05, 3.63) is 18.3 Å². The fourth-order valence-corrected chi connectivity index (χ4v) is 1.99. The molecule has 1 aromatic rings. The van der Waals surface area contributed by atoms with E-state index in [1.165, 1.54) is 5.32 Å². The molecule has 0 aliphatic heterocycles. The van der Waals surface area contributed by atoms with Gasteiger partial charge in [0, 0.05) is 11.5 Å². The molecule has 1 aromatic heterocycles. The molecule has 2 nitrogen and oxygen atoms in total. The lowest BCUT2D eigenvalue weighted by Gasteiger charge is -2.15. The molecule has 0 fully saturated rings. The second-order valence-corrected chi connectivity index (χ2v) is 8.84. The Labute approximate surface area is 74.6 Å². The van der Waals surface area contributed by atoms with E-state index in [4.69, 9.17) is 4.74 Å². The Morgan fingerprint density at radius 3 is 2.50 bits per heavy atom. The van der Waals surface area contributed by atoms with Crippen LogP contribution in [0.25, 0.3) is 0 Å². The first kappa shape index (κ1) is 9.26. The Hall–Kier alpha value is -0.833. The van der Waals surface area contributed by atoms with Crippen LogP contribution in [-0.2, 0) is 0 Å². The third-order valence-corrected chi connectivity index (χ3v) is 3.55. The number of hydrogen-bond acceptors (Lipinski definition) is 2. The van der Waals surface area contributed by atoms with Crippen LogP contribution in [0.1, 0.15) is 0 Å². The molecule has 66 valence electrons. The Balaban J connectivity index is 3.02. The minimum Gasteiger partial charge on any atom is -0.497 e. The van der Waals surface area contributed by atoms with Gasteiger partial charge in [-0.1, -0.05) is 19.6 Å². The Kier molecular flexibility index (Phi) is 2.52. The van der Waals surface area contributed by atoms with Gasteiger partial charge >= 0.3 is 0 Å². The maximum Gasteiger partial charge on any atom is 0.121 e. The van der Waals surface area contributed by atoms with E-state index in [1.54, 1.807) is 7.11 Å². The van der Waals surface area contributed by atoms with E-state index < -0.39 is 8.07 Å². The van der Waals surface area contributed by atoms with Crippen molar-refractivity contribution in [2.75, 3.05) is 7.11 Å². The van der Waals surface area contributed by atoms with Crippen LogP contribution >= 0.6 is 0 Å². The van der Waals surface area contributed by atoms with Crippen LogP contribution in [0, 0.1) is 0 Å². The summed E-state index contributed by atoms with van der Waals surface area (Å²) in [4.78, 5) is 4.34. The van der Waals surface area contributed by atoms with E-state index in [0.29, 0.717) is 0 Å². The van der Waals surface area contributed by atoms with Crippen molar-refractivity contribution >= 4 is 13.4 Å². The summed E-state index contributed by atoms with van der Waals surface area (Å²) in [6.07, 6.45) is 1.81. The molecule has 0 saturated heterocycles. The number of pyridine rings is 1. The van der Waals surface area contributed by atoms with Crippen molar-refractivity contribution < 1.29 is 4.74 Å². The third-order valence-electron chi connectivity index (χ3n) is 1.74. The Morgan fingerprint density at radius 1 is 1.33 bits per heavy atom. The smallest absolute Gasteiger partial charge is 0.121 e. The highest BCUT2D eigenvalue weighted by atomic mass is 28.3. The minimum atomic E-state index is -1.27.